The Bertz CT molecular complexity index is 414. The second-order valence-electron chi connectivity index (χ2n) is 4.55. The van der Waals surface area contributed by atoms with Gasteiger partial charge in [0.1, 0.15) is 6.61 Å². The molecule has 0 saturated carbocycles. The number of pyridine rings is 1. The molecule has 1 aliphatic rings. The van der Waals surface area contributed by atoms with E-state index >= 15 is 0 Å². The van der Waals surface area contributed by atoms with Crippen molar-refractivity contribution in [3.05, 3.63) is 24.0 Å². The van der Waals surface area contributed by atoms with E-state index in [9.17, 15) is 4.79 Å². The molecule has 1 N–H and O–H groups in total. The minimum atomic E-state index is -0.901. The summed E-state index contributed by atoms with van der Waals surface area (Å²) in [5, 5.41) is 8.57. The molecule has 2 heterocycles. The summed E-state index contributed by atoms with van der Waals surface area (Å²) in [6.45, 7) is 3.65. The van der Waals surface area contributed by atoms with E-state index in [0.29, 0.717) is 0 Å². The number of aromatic nitrogens is 1. The third-order valence-corrected chi connectivity index (χ3v) is 3.22. The van der Waals surface area contributed by atoms with Crippen molar-refractivity contribution in [2.45, 2.75) is 25.9 Å². The zero-order chi connectivity index (χ0) is 13.0. The minimum Gasteiger partial charge on any atom is -0.480 e. The van der Waals surface area contributed by atoms with Crippen LogP contribution in [0.3, 0.4) is 0 Å². The quantitative estimate of drug-likeness (QED) is 0.876. The molecule has 0 aliphatic carbocycles. The fraction of sp³-hybridized carbons (Fsp3) is 0.538. The van der Waals surface area contributed by atoms with E-state index in [1.165, 1.54) is 11.3 Å². The number of piperidine rings is 1. The molecule has 0 unspecified atom stereocenters. The van der Waals surface area contributed by atoms with Gasteiger partial charge in [-0.15, -0.1) is 0 Å². The van der Waals surface area contributed by atoms with Crippen LogP contribution in [0.4, 0.5) is 5.69 Å². The van der Waals surface area contributed by atoms with Crippen LogP contribution in [0.1, 0.15) is 18.4 Å². The molecular formula is C13H18N2O3. The first-order chi connectivity index (χ1) is 8.66. The smallest absolute Gasteiger partial charge is 0.329 e. The summed E-state index contributed by atoms with van der Waals surface area (Å²) in [6.07, 6.45) is 5.47. The number of anilines is 1. The number of carboxylic acids is 1. The maximum Gasteiger partial charge on any atom is 0.329 e. The van der Waals surface area contributed by atoms with Crippen LogP contribution in [-0.2, 0) is 9.53 Å². The molecular weight excluding hydrogens is 232 g/mol. The lowest BCUT2D eigenvalue weighted by Crippen LogP contribution is -2.38. The zero-order valence-electron chi connectivity index (χ0n) is 10.5. The Labute approximate surface area is 106 Å². The molecule has 1 saturated heterocycles. The Hall–Kier alpha value is -1.62. The monoisotopic (exact) mass is 250 g/mol. The second-order valence-corrected chi connectivity index (χ2v) is 4.55. The van der Waals surface area contributed by atoms with Crippen LogP contribution in [0.2, 0.25) is 0 Å². The van der Waals surface area contributed by atoms with Crippen molar-refractivity contribution >= 4 is 11.7 Å². The summed E-state index contributed by atoms with van der Waals surface area (Å²) in [5.74, 6) is -0.901. The van der Waals surface area contributed by atoms with Crippen LogP contribution in [0.5, 0.6) is 0 Å². The zero-order valence-corrected chi connectivity index (χ0v) is 10.5. The number of ether oxygens (including phenoxy) is 1. The van der Waals surface area contributed by atoms with Crippen LogP contribution in [0.25, 0.3) is 0 Å². The van der Waals surface area contributed by atoms with Gasteiger partial charge in [0, 0.05) is 31.2 Å². The van der Waals surface area contributed by atoms with Crippen molar-refractivity contribution in [2.75, 3.05) is 24.6 Å². The van der Waals surface area contributed by atoms with Crippen molar-refractivity contribution in [2.24, 2.45) is 0 Å². The lowest BCUT2D eigenvalue weighted by atomic mass is 10.1. The number of hydrogen-bond acceptors (Lipinski definition) is 4. The highest BCUT2D eigenvalue weighted by molar-refractivity contribution is 5.68. The van der Waals surface area contributed by atoms with Crippen LogP contribution in [-0.4, -0.2) is 41.9 Å². The van der Waals surface area contributed by atoms with Crippen molar-refractivity contribution in [1.82, 2.24) is 4.98 Å². The number of aryl methyl sites for hydroxylation is 1. The van der Waals surface area contributed by atoms with Crippen LogP contribution in [0.15, 0.2) is 18.5 Å². The first kappa shape index (κ1) is 12.8. The Morgan fingerprint density at radius 3 is 2.89 bits per heavy atom. The topological polar surface area (TPSA) is 62.7 Å². The molecule has 2 rings (SSSR count). The van der Waals surface area contributed by atoms with E-state index in [-0.39, 0.29) is 12.7 Å². The summed E-state index contributed by atoms with van der Waals surface area (Å²) in [4.78, 5) is 16.8. The van der Waals surface area contributed by atoms with Gasteiger partial charge in [0.15, 0.2) is 0 Å². The summed E-state index contributed by atoms with van der Waals surface area (Å²) >= 11 is 0. The molecule has 5 heteroatoms. The SMILES string of the molecule is Cc1cnccc1N1CCC(OCC(=O)O)CC1. The highest BCUT2D eigenvalue weighted by atomic mass is 16.5. The molecule has 18 heavy (non-hydrogen) atoms. The van der Waals surface area contributed by atoms with Crippen molar-refractivity contribution in [1.29, 1.82) is 0 Å². The molecule has 1 aromatic heterocycles. The van der Waals surface area contributed by atoms with Gasteiger partial charge in [-0.3, -0.25) is 4.98 Å². The maximum atomic E-state index is 10.4. The van der Waals surface area contributed by atoms with Gasteiger partial charge in [-0.05, 0) is 31.4 Å². The number of carbonyl (C=O) groups is 1. The normalized spacial score (nSPS) is 16.8. The number of carboxylic acid groups (broad SMARTS) is 1. The molecule has 0 atom stereocenters. The van der Waals surface area contributed by atoms with Gasteiger partial charge in [0.25, 0.3) is 0 Å². The Balaban J connectivity index is 1.87. The van der Waals surface area contributed by atoms with E-state index < -0.39 is 5.97 Å². The van der Waals surface area contributed by atoms with E-state index in [4.69, 9.17) is 9.84 Å². The average Bonchev–Trinajstić information content (AvgIpc) is 2.38. The standard InChI is InChI=1S/C13H18N2O3/c1-10-8-14-5-2-12(10)15-6-3-11(4-7-15)18-9-13(16)17/h2,5,8,11H,3-4,6-7,9H2,1H3,(H,16,17). The van der Waals surface area contributed by atoms with Gasteiger partial charge in [-0.1, -0.05) is 0 Å². The Morgan fingerprint density at radius 2 is 2.28 bits per heavy atom. The molecule has 0 amide bonds. The van der Waals surface area contributed by atoms with Gasteiger partial charge < -0.3 is 14.7 Å². The molecule has 1 aliphatic heterocycles. The third kappa shape index (κ3) is 3.20. The van der Waals surface area contributed by atoms with Crippen LogP contribution >= 0.6 is 0 Å². The average molecular weight is 250 g/mol. The van der Waals surface area contributed by atoms with E-state index in [0.717, 1.165) is 25.9 Å². The molecule has 5 nitrogen and oxygen atoms in total. The maximum absolute atomic E-state index is 10.4. The second kappa shape index (κ2) is 5.82. The van der Waals surface area contributed by atoms with Crippen molar-refractivity contribution in [3.63, 3.8) is 0 Å². The molecule has 0 bridgehead atoms. The number of nitrogens with zero attached hydrogens (tertiary/aromatic N) is 2. The predicted molar refractivity (Wildman–Crippen MR) is 67.8 cm³/mol. The van der Waals surface area contributed by atoms with Crippen molar-refractivity contribution in [3.8, 4) is 0 Å². The van der Waals surface area contributed by atoms with Crippen LogP contribution in [0, 0.1) is 6.92 Å². The lowest BCUT2D eigenvalue weighted by molar-refractivity contribution is -0.144. The van der Waals surface area contributed by atoms with Crippen LogP contribution < -0.4 is 4.90 Å². The first-order valence-corrected chi connectivity index (χ1v) is 6.16. The Morgan fingerprint density at radius 1 is 1.56 bits per heavy atom. The molecule has 0 radical (unpaired) electrons. The fourth-order valence-electron chi connectivity index (χ4n) is 2.27. The summed E-state index contributed by atoms with van der Waals surface area (Å²) in [6, 6.07) is 2.02. The Kier molecular flexibility index (Phi) is 4.15. The number of aliphatic carboxylic acids is 1. The van der Waals surface area contributed by atoms with E-state index in [1.54, 1.807) is 6.20 Å². The van der Waals surface area contributed by atoms with Gasteiger partial charge in [0.2, 0.25) is 0 Å². The molecule has 1 fully saturated rings. The molecule has 98 valence electrons. The summed E-state index contributed by atoms with van der Waals surface area (Å²) in [5.41, 5.74) is 2.38. The summed E-state index contributed by atoms with van der Waals surface area (Å²) in [7, 11) is 0. The predicted octanol–water partition coefficient (Wildman–Crippen LogP) is 1.46. The molecule has 0 aromatic carbocycles. The van der Waals surface area contributed by atoms with Gasteiger partial charge in [-0.25, -0.2) is 4.79 Å². The van der Waals surface area contributed by atoms with E-state index in [1.807, 2.05) is 12.3 Å². The van der Waals surface area contributed by atoms with Crippen molar-refractivity contribution < 1.29 is 14.6 Å². The largest absolute Gasteiger partial charge is 0.480 e. The first-order valence-electron chi connectivity index (χ1n) is 6.16. The molecule has 0 spiro atoms. The van der Waals surface area contributed by atoms with Gasteiger partial charge >= 0.3 is 5.97 Å². The molecule has 1 aromatic rings. The third-order valence-electron chi connectivity index (χ3n) is 3.22. The minimum absolute atomic E-state index is 0.0690. The highest BCUT2D eigenvalue weighted by Crippen LogP contribution is 2.23. The highest BCUT2D eigenvalue weighted by Gasteiger charge is 2.21. The summed E-state index contributed by atoms with van der Waals surface area (Å²) < 4.78 is 5.32. The number of rotatable bonds is 4. The van der Waals surface area contributed by atoms with E-state index in [2.05, 4.69) is 16.8 Å². The lowest BCUT2D eigenvalue weighted by Gasteiger charge is -2.34. The van der Waals surface area contributed by atoms with Gasteiger partial charge in [-0.2, -0.15) is 0 Å². The number of hydrogen-bond donors (Lipinski definition) is 1. The van der Waals surface area contributed by atoms with Gasteiger partial charge in [0.05, 0.1) is 6.10 Å². The fourth-order valence-corrected chi connectivity index (χ4v) is 2.27.